The molecule has 2 aromatic rings. The fourth-order valence-corrected chi connectivity index (χ4v) is 4.54. The molecule has 0 saturated carbocycles. The number of nitrogens with one attached hydrogen (secondary N) is 2. The minimum atomic E-state index is -0.712. The van der Waals surface area contributed by atoms with Crippen LogP contribution in [0.3, 0.4) is 0 Å². The van der Waals surface area contributed by atoms with Crippen molar-refractivity contribution < 1.29 is 24.2 Å². The van der Waals surface area contributed by atoms with Crippen LogP contribution in [0.2, 0.25) is 0 Å². The molecule has 3 rings (SSSR count). The van der Waals surface area contributed by atoms with E-state index in [2.05, 4.69) is 33.2 Å². The van der Waals surface area contributed by atoms with Crippen LogP contribution in [-0.2, 0) is 9.59 Å². The van der Waals surface area contributed by atoms with Crippen LogP contribution in [0, 0.1) is 7.14 Å². The van der Waals surface area contributed by atoms with Gasteiger partial charge < -0.3 is 20.5 Å². The summed E-state index contributed by atoms with van der Waals surface area (Å²) in [4.78, 5) is 37.9. The summed E-state index contributed by atoms with van der Waals surface area (Å²) >= 11 is 4.07. The molecule has 2 aromatic carbocycles. The van der Waals surface area contributed by atoms with E-state index < -0.39 is 24.4 Å². The van der Waals surface area contributed by atoms with E-state index in [1.165, 1.54) is 13.2 Å². The van der Waals surface area contributed by atoms with Crippen LogP contribution in [0.5, 0.6) is 11.5 Å². The fourth-order valence-electron chi connectivity index (χ4n) is 2.65. The van der Waals surface area contributed by atoms with Crippen molar-refractivity contribution in [3.05, 3.63) is 54.8 Å². The summed E-state index contributed by atoms with van der Waals surface area (Å²) in [6.45, 7) is -0.462. The summed E-state index contributed by atoms with van der Waals surface area (Å²) in [7, 11) is 1.47. The maximum absolute atomic E-state index is 12.6. The Balaban J connectivity index is 1.76. The highest BCUT2D eigenvalue weighted by Crippen LogP contribution is 2.29. The summed E-state index contributed by atoms with van der Waals surface area (Å²) in [5.74, 6) is -0.736. The number of hydrogen-bond donors (Lipinski definition) is 3. The number of hydrogen-bond acceptors (Lipinski definition) is 5. The molecule has 0 aromatic heterocycles. The smallest absolute Gasteiger partial charge is 0.329 e. The average Bonchev–Trinajstić information content (AvgIpc) is 2.93. The van der Waals surface area contributed by atoms with Crippen LogP contribution in [0.1, 0.15) is 5.56 Å². The Morgan fingerprint density at radius 1 is 1.28 bits per heavy atom. The molecule has 0 atom stereocenters. The molecular formula is C19H15I2N3O5. The molecule has 29 heavy (non-hydrogen) atoms. The second-order valence-corrected chi connectivity index (χ2v) is 8.36. The van der Waals surface area contributed by atoms with Crippen LogP contribution in [0.25, 0.3) is 6.08 Å². The molecule has 1 saturated heterocycles. The van der Waals surface area contributed by atoms with Crippen LogP contribution in [0.4, 0.5) is 10.5 Å². The van der Waals surface area contributed by atoms with Gasteiger partial charge in [0.1, 0.15) is 23.7 Å². The molecule has 8 nitrogen and oxygen atoms in total. The number of imide groups is 1. The number of methoxy groups -OCH3 is 1. The van der Waals surface area contributed by atoms with Gasteiger partial charge in [0.15, 0.2) is 0 Å². The van der Waals surface area contributed by atoms with Crippen LogP contribution >= 0.6 is 45.2 Å². The Bertz CT molecular complexity index is 1040. The molecule has 0 unspecified atom stereocenters. The third kappa shape index (κ3) is 4.80. The van der Waals surface area contributed by atoms with E-state index in [0.717, 1.165) is 8.47 Å². The first-order chi connectivity index (χ1) is 13.8. The molecule has 0 aliphatic carbocycles. The van der Waals surface area contributed by atoms with Gasteiger partial charge in [0.05, 0.1) is 16.4 Å². The Kier molecular flexibility index (Phi) is 6.62. The average molecular weight is 619 g/mol. The Morgan fingerprint density at radius 2 is 2.00 bits per heavy atom. The molecular weight excluding hydrogens is 604 g/mol. The quantitative estimate of drug-likeness (QED) is 0.271. The number of para-hydroxylation sites is 2. The predicted octanol–water partition coefficient (Wildman–Crippen LogP) is 3.14. The summed E-state index contributed by atoms with van der Waals surface area (Å²) in [6, 6.07) is 9.56. The number of ether oxygens (including phenoxy) is 1. The molecule has 0 spiro atoms. The van der Waals surface area contributed by atoms with E-state index in [1.54, 1.807) is 36.4 Å². The van der Waals surface area contributed by atoms with Gasteiger partial charge in [-0.25, -0.2) is 9.69 Å². The number of halogens is 2. The van der Waals surface area contributed by atoms with Crippen molar-refractivity contribution in [2.75, 3.05) is 19.0 Å². The topological polar surface area (TPSA) is 108 Å². The zero-order chi connectivity index (χ0) is 21.1. The normalized spacial score (nSPS) is 14.9. The van der Waals surface area contributed by atoms with Crippen molar-refractivity contribution in [3.8, 4) is 11.5 Å². The third-order valence-electron chi connectivity index (χ3n) is 4.00. The van der Waals surface area contributed by atoms with E-state index in [0.29, 0.717) is 20.6 Å². The lowest BCUT2D eigenvalue weighted by atomic mass is 10.1. The SMILES string of the molecule is COc1ccccc1NC(=O)CN1C(=O)N/C(=C/c2cc(I)cc(I)c2O)C1=O. The van der Waals surface area contributed by atoms with E-state index in [-0.39, 0.29) is 11.4 Å². The van der Waals surface area contributed by atoms with Gasteiger partial charge in [-0.05, 0) is 75.5 Å². The molecule has 0 bridgehead atoms. The number of benzene rings is 2. The number of aromatic hydroxyl groups is 1. The lowest BCUT2D eigenvalue weighted by Gasteiger charge is -2.13. The standard InChI is InChI=1S/C19H15I2N3O5/c1-29-15-5-3-2-4-13(15)22-16(25)9-24-18(27)14(23-19(24)28)7-10-6-11(20)8-12(21)17(10)26/h2-8,26H,9H2,1H3,(H,22,25)(H,23,28)/b14-7+. The number of anilines is 1. The lowest BCUT2D eigenvalue weighted by Crippen LogP contribution is -2.38. The highest BCUT2D eigenvalue weighted by molar-refractivity contribution is 14.1. The van der Waals surface area contributed by atoms with Crippen LogP contribution < -0.4 is 15.4 Å². The molecule has 4 amide bonds. The van der Waals surface area contributed by atoms with E-state index in [9.17, 15) is 19.5 Å². The largest absolute Gasteiger partial charge is 0.506 e. The van der Waals surface area contributed by atoms with Crippen LogP contribution in [0.15, 0.2) is 42.1 Å². The van der Waals surface area contributed by atoms with Gasteiger partial charge in [-0.15, -0.1) is 0 Å². The summed E-state index contributed by atoms with van der Waals surface area (Å²) in [5, 5.41) is 15.2. The number of rotatable bonds is 5. The zero-order valence-corrected chi connectivity index (χ0v) is 19.3. The van der Waals surface area contributed by atoms with Gasteiger partial charge in [-0.2, -0.15) is 0 Å². The van der Waals surface area contributed by atoms with Crippen molar-refractivity contribution >= 4 is 74.8 Å². The van der Waals surface area contributed by atoms with E-state index >= 15 is 0 Å². The lowest BCUT2D eigenvalue weighted by molar-refractivity contribution is -0.127. The Labute approximate surface area is 193 Å². The highest BCUT2D eigenvalue weighted by Gasteiger charge is 2.35. The van der Waals surface area contributed by atoms with Gasteiger partial charge in [0.2, 0.25) is 5.91 Å². The molecule has 1 aliphatic heterocycles. The monoisotopic (exact) mass is 619 g/mol. The Hall–Kier alpha value is -2.35. The number of urea groups is 1. The maximum Gasteiger partial charge on any atom is 0.329 e. The number of phenols is 1. The summed E-state index contributed by atoms with van der Waals surface area (Å²) < 4.78 is 6.64. The van der Waals surface area contributed by atoms with Crippen molar-refractivity contribution in [2.24, 2.45) is 0 Å². The first-order valence-corrected chi connectivity index (χ1v) is 10.4. The molecule has 150 valence electrons. The summed E-state index contributed by atoms with van der Waals surface area (Å²) in [5.41, 5.74) is 0.805. The number of nitrogens with zero attached hydrogens (tertiary/aromatic N) is 1. The first kappa shape index (κ1) is 21.4. The number of amides is 4. The van der Waals surface area contributed by atoms with E-state index in [1.807, 2.05) is 22.6 Å². The molecule has 1 heterocycles. The second-order valence-electron chi connectivity index (χ2n) is 5.95. The maximum atomic E-state index is 12.6. The zero-order valence-electron chi connectivity index (χ0n) is 15.0. The third-order valence-corrected chi connectivity index (χ3v) is 5.45. The number of carbonyl (C=O) groups is 3. The molecule has 1 aliphatic rings. The predicted molar refractivity (Wildman–Crippen MR) is 123 cm³/mol. The molecule has 0 radical (unpaired) electrons. The number of carbonyl (C=O) groups excluding carboxylic acids is 3. The molecule has 1 fully saturated rings. The van der Waals surface area contributed by atoms with Gasteiger partial charge in [-0.1, -0.05) is 12.1 Å². The second kappa shape index (κ2) is 8.98. The van der Waals surface area contributed by atoms with Gasteiger partial charge in [0, 0.05) is 9.13 Å². The van der Waals surface area contributed by atoms with Gasteiger partial charge >= 0.3 is 6.03 Å². The van der Waals surface area contributed by atoms with Gasteiger partial charge in [0.25, 0.3) is 5.91 Å². The highest BCUT2D eigenvalue weighted by atomic mass is 127. The van der Waals surface area contributed by atoms with Crippen molar-refractivity contribution in [1.82, 2.24) is 10.2 Å². The minimum Gasteiger partial charge on any atom is -0.506 e. The van der Waals surface area contributed by atoms with Crippen molar-refractivity contribution in [2.45, 2.75) is 0 Å². The van der Waals surface area contributed by atoms with Crippen LogP contribution in [-0.4, -0.2) is 41.5 Å². The minimum absolute atomic E-state index is 0.00734. The number of phenolic OH excluding ortho intramolecular Hbond substituents is 1. The molecule has 3 N–H and O–H groups in total. The van der Waals surface area contributed by atoms with E-state index in [4.69, 9.17) is 4.74 Å². The summed E-state index contributed by atoms with van der Waals surface area (Å²) in [6.07, 6.45) is 1.39. The van der Waals surface area contributed by atoms with Crippen molar-refractivity contribution in [3.63, 3.8) is 0 Å². The van der Waals surface area contributed by atoms with Crippen molar-refractivity contribution in [1.29, 1.82) is 0 Å². The van der Waals surface area contributed by atoms with Gasteiger partial charge in [-0.3, -0.25) is 9.59 Å². The first-order valence-electron chi connectivity index (χ1n) is 8.25. The fraction of sp³-hybridized carbons (Fsp3) is 0.105. The Morgan fingerprint density at radius 3 is 2.72 bits per heavy atom. The molecule has 10 heteroatoms.